The van der Waals surface area contributed by atoms with Crippen molar-refractivity contribution in [3.8, 4) is 0 Å². The summed E-state index contributed by atoms with van der Waals surface area (Å²) in [5, 5.41) is 3.33. The van der Waals surface area contributed by atoms with Gasteiger partial charge in [-0.15, -0.1) is 11.8 Å². The molecule has 1 fully saturated rings. The number of hydrogen-bond acceptors (Lipinski definition) is 3. The van der Waals surface area contributed by atoms with Crippen LogP contribution in [-0.2, 0) is 0 Å². The van der Waals surface area contributed by atoms with Crippen LogP contribution in [0, 0.1) is 0 Å². The average Bonchev–Trinajstić information content (AvgIpc) is 3.09. The van der Waals surface area contributed by atoms with Gasteiger partial charge in [-0.3, -0.25) is 4.98 Å². The van der Waals surface area contributed by atoms with Crippen LogP contribution in [0.3, 0.4) is 0 Å². The number of nitrogens with zero attached hydrogens (tertiary/aromatic N) is 1. The molecule has 15 heavy (non-hydrogen) atoms. The number of pyridine rings is 1. The van der Waals surface area contributed by atoms with Crippen LogP contribution in [0.15, 0.2) is 23.4 Å². The van der Waals surface area contributed by atoms with Crippen molar-refractivity contribution in [3.63, 3.8) is 0 Å². The fourth-order valence-corrected chi connectivity index (χ4v) is 2.41. The largest absolute Gasteiger partial charge is 0.316 e. The summed E-state index contributed by atoms with van der Waals surface area (Å²) in [6, 6.07) is 2.31. The molecule has 1 aromatic heterocycles. The summed E-state index contributed by atoms with van der Waals surface area (Å²) in [6.07, 6.45) is 6.70. The highest BCUT2D eigenvalue weighted by atomic mass is 32.2. The predicted molar refractivity (Wildman–Crippen MR) is 65.5 cm³/mol. The molecule has 0 spiro atoms. The molecule has 0 aromatic carbocycles. The summed E-state index contributed by atoms with van der Waals surface area (Å²) in [7, 11) is 0. The first-order valence-corrected chi connectivity index (χ1v) is 6.67. The first-order chi connectivity index (χ1) is 7.40. The van der Waals surface area contributed by atoms with Crippen molar-refractivity contribution in [2.75, 3.05) is 18.8 Å². The fraction of sp³-hybridized carbons (Fsp3) is 0.583. The highest BCUT2D eigenvalue weighted by molar-refractivity contribution is 7.99. The van der Waals surface area contributed by atoms with Crippen molar-refractivity contribution in [3.05, 3.63) is 24.0 Å². The maximum absolute atomic E-state index is 4.30. The van der Waals surface area contributed by atoms with Crippen LogP contribution in [0.2, 0.25) is 0 Å². The SMILES string of the molecule is CCNCCSc1cncc(C2CC2)c1. The molecule has 0 atom stereocenters. The molecule has 0 amide bonds. The fourth-order valence-electron chi connectivity index (χ4n) is 1.57. The topological polar surface area (TPSA) is 24.9 Å². The Morgan fingerprint density at radius 2 is 2.33 bits per heavy atom. The van der Waals surface area contributed by atoms with Crippen molar-refractivity contribution in [2.24, 2.45) is 0 Å². The normalized spacial score (nSPS) is 15.5. The first kappa shape index (κ1) is 11.0. The van der Waals surface area contributed by atoms with Gasteiger partial charge in [0.25, 0.3) is 0 Å². The molecule has 0 saturated heterocycles. The summed E-state index contributed by atoms with van der Waals surface area (Å²) in [6.45, 7) is 4.27. The zero-order valence-corrected chi connectivity index (χ0v) is 10.0. The molecule has 1 heterocycles. The van der Waals surface area contributed by atoms with Crippen LogP contribution in [0.1, 0.15) is 31.2 Å². The quantitative estimate of drug-likeness (QED) is 0.591. The lowest BCUT2D eigenvalue weighted by atomic mass is 10.2. The Morgan fingerprint density at radius 1 is 1.47 bits per heavy atom. The zero-order chi connectivity index (χ0) is 10.5. The summed E-state index contributed by atoms with van der Waals surface area (Å²) in [4.78, 5) is 5.62. The summed E-state index contributed by atoms with van der Waals surface area (Å²) in [5.74, 6) is 1.94. The van der Waals surface area contributed by atoms with Gasteiger partial charge in [0.15, 0.2) is 0 Å². The molecular formula is C12H18N2S. The van der Waals surface area contributed by atoms with Gasteiger partial charge in [-0.1, -0.05) is 6.92 Å². The Kier molecular flexibility index (Phi) is 4.03. The van der Waals surface area contributed by atoms with Crippen molar-refractivity contribution in [1.82, 2.24) is 10.3 Å². The maximum Gasteiger partial charge on any atom is 0.0404 e. The molecule has 2 rings (SSSR count). The second kappa shape index (κ2) is 5.52. The molecule has 1 aromatic rings. The third-order valence-corrected chi connectivity index (χ3v) is 3.55. The predicted octanol–water partition coefficient (Wildman–Crippen LogP) is 2.66. The molecule has 0 radical (unpaired) electrons. The minimum Gasteiger partial charge on any atom is -0.316 e. The van der Waals surface area contributed by atoms with Gasteiger partial charge < -0.3 is 5.32 Å². The third kappa shape index (κ3) is 3.50. The van der Waals surface area contributed by atoms with Gasteiger partial charge >= 0.3 is 0 Å². The van der Waals surface area contributed by atoms with Crippen LogP contribution in [0.5, 0.6) is 0 Å². The minimum absolute atomic E-state index is 0.812. The van der Waals surface area contributed by atoms with Gasteiger partial charge in [0.2, 0.25) is 0 Å². The van der Waals surface area contributed by atoms with Crippen LogP contribution in [0.4, 0.5) is 0 Å². The molecule has 1 saturated carbocycles. The van der Waals surface area contributed by atoms with Crippen LogP contribution in [0.25, 0.3) is 0 Å². The molecule has 3 heteroatoms. The van der Waals surface area contributed by atoms with E-state index in [1.165, 1.54) is 23.3 Å². The minimum atomic E-state index is 0.812. The van der Waals surface area contributed by atoms with E-state index in [9.17, 15) is 0 Å². The molecule has 1 aliphatic carbocycles. The number of nitrogens with one attached hydrogen (secondary N) is 1. The highest BCUT2D eigenvalue weighted by Crippen LogP contribution is 2.40. The van der Waals surface area contributed by atoms with Gasteiger partial charge in [-0.2, -0.15) is 0 Å². The lowest BCUT2D eigenvalue weighted by molar-refractivity contribution is 0.768. The van der Waals surface area contributed by atoms with Crippen molar-refractivity contribution in [2.45, 2.75) is 30.6 Å². The molecular weight excluding hydrogens is 204 g/mol. The van der Waals surface area contributed by atoms with Gasteiger partial charge in [0, 0.05) is 29.6 Å². The lowest BCUT2D eigenvalue weighted by Crippen LogP contribution is -2.15. The van der Waals surface area contributed by atoms with Gasteiger partial charge in [0.1, 0.15) is 0 Å². The molecule has 82 valence electrons. The van der Waals surface area contributed by atoms with E-state index in [-0.39, 0.29) is 0 Å². The number of thioether (sulfide) groups is 1. The Bertz CT molecular complexity index is 310. The highest BCUT2D eigenvalue weighted by Gasteiger charge is 2.23. The lowest BCUT2D eigenvalue weighted by Gasteiger charge is -2.03. The molecule has 0 unspecified atom stereocenters. The zero-order valence-electron chi connectivity index (χ0n) is 9.20. The summed E-state index contributed by atoms with van der Waals surface area (Å²) >= 11 is 1.89. The van der Waals surface area contributed by atoms with Crippen molar-refractivity contribution in [1.29, 1.82) is 0 Å². The Hall–Kier alpha value is -0.540. The van der Waals surface area contributed by atoms with E-state index < -0.39 is 0 Å². The second-order valence-electron chi connectivity index (χ2n) is 3.93. The second-order valence-corrected chi connectivity index (χ2v) is 5.10. The molecule has 0 bridgehead atoms. The van der Waals surface area contributed by atoms with Crippen LogP contribution >= 0.6 is 11.8 Å². The van der Waals surface area contributed by atoms with E-state index >= 15 is 0 Å². The van der Waals surface area contributed by atoms with Gasteiger partial charge in [0.05, 0.1) is 0 Å². The van der Waals surface area contributed by atoms with E-state index in [0.717, 1.165) is 24.8 Å². The van der Waals surface area contributed by atoms with Gasteiger partial charge in [-0.05, 0) is 36.9 Å². The standard InChI is InChI=1S/C12H18N2S/c1-2-13-5-6-15-12-7-11(8-14-9-12)10-3-4-10/h7-10,13H,2-6H2,1H3. The molecule has 2 nitrogen and oxygen atoms in total. The summed E-state index contributed by atoms with van der Waals surface area (Å²) in [5.41, 5.74) is 1.43. The average molecular weight is 222 g/mol. The van der Waals surface area contributed by atoms with Crippen molar-refractivity contribution < 1.29 is 0 Å². The third-order valence-electron chi connectivity index (χ3n) is 2.58. The van der Waals surface area contributed by atoms with E-state index in [1.807, 2.05) is 24.2 Å². The van der Waals surface area contributed by atoms with Crippen LogP contribution < -0.4 is 5.32 Å². The Morgan fingerprint density at radius 3 is 3.07 bits per heavy atom. The van der Waals surface area contributed by atoms with E-state index in [2.05, 4.69) is 23.3 Å². The monoisotopic (exact) mass is 222 g/mol. The molecule has 0 aliphatic heterocycles. The molecule has 1 aliphatic rings. The van der Waals surface area contributed by atoms with Crippen molar-refractivity contribution >= 4 is 11.8 Å². The molecule has 1 N–H and O–H groups in total. The maximum atomic E-state index is 4.30. The van der Waals surface area contributed by atoms with Crippen LogP contribution in [-0.4, -0.2) is 23.8 Å². The first-order valence-electron chi connectivity index (χ1n) is 5.68. The Labute approximate surface area is 95.9 Å². The smallest absolute Gasteiger partial charge is 0.0404 e. The number of rotatable bonds is 6. The van der Waals surface area contributed by atoms with Gasteiger partial charge in [-0.25, -0.2) is 0 Å². The summed E-state index contributed by atoms with van der Waals surface area (Å²) < 4.78 is 0. The van der Waals surface area contributed by atoms with E-state index in [4.69, 9.17) is 0 Å². The van der Waals surface area contributed by atoms with E-state index in [1.54, 1.807) is 0 Å². The number of hydrogen-bond donors (Lipinski definition) is 1. The number of aromatic nitrogens is 1. The Balaban J connectivity index is 1.82. The van der Waals surface area contributed by atoms with E-state index in [0.29, 0.717) is 0 Å².